The van der Waals surface area contributed by atoms with Crippen LogP contribution in [0.2, 0.25) is 0 Å². The summed E-state index contributed by atoms with van der Waals surface area (Å²) in [6.07, 6.45) is 1.73. The molecule has 134 valence electrons. The van der Waals surface area contributed by atoms with E-state index in [-0.39, 0.29) is 11.9 Å². The van der Waals surface area contributed by atoms with E-state index >= 15 is 0 Å². The third-order valence-corrected chi connectivity index (χ3v) is 6.24. The number of aromatic nitrogens is 2. The van der Waals surface area contributed by atoms with Crippen LogP contribution in [0.25, 0.3) is 10.7 Å². The van der Waals surface area contributed by atoms with Crippen molar-refractivity contribution < 1.29 is 4.79 Å². The molecule has 6 heteroatoms. The van der Waals surface area contributed by atoms with Gasteiger partial charge in [0.15, 0.2) is 0 Å². The highest BCUT2D eigenvalue weighted by Crippen LogP contribution is 2.29. The van der Waals surface area contributed by atoms with Gasteiger partial charge in [-0.3, -0.25) is 9.78 Å². The lowest BCUT2D eigenvalue weighted by molar-refractivity contribution is 0.0947. The first-order valence-corrected chi connectivity index (χ1v) is 10.2. The molecule has 4 nitrogen and oxygen atoms in total. The van der Waals surface area contributed by atoms with Crippen molar-refractivity contribution in [2.24, 2.45) is 0 Å². The fraction of sp³-hybridized carbons (Fsp3) is 0.0952. The van der Waals surface area contributed by atoms with Gasteiger partial charge in [0.1, 0.15) is 9.88 Å². The van der Waals surface area contributed by atoms with Crippen molar-refractivity contribution in [2.75, 3.05) is 0 Å². The second-order valence-electron chi connectivity index (χ2n) is 5.98. The summed E-state index contributed by atoms with van der Waals surface area (Å²) in [4.78, 5) is 23.6. The second-order valence-corrected chi connectivity index (χ2v) is 7.96. The van der Waals surface area contributed by atoms with Crippen molar-refractivity contribution in [1.82, 2.24) is 15.3 Å². The summed E-state index contributed by atoms with van der Waals surface area (Å²) in [5.41, 5.74) is 2.55. The highest BCUT2D eigenvalue weighted by molar-refractivity contribution is 7.17. The number of benzene rings is 1. The summed E-state index contributed by atoms with van der Waals surface area (Å²) in [6, 6.07) is 19.6. The van der Waals surface area contributed by atoms with Crippen LogP contribution >= 0.6 is 22.7 Å². The van der Waals surface area contributed by atoms with E-state index in [1.54, 1.807) is 17.5 Å². The molecule has 0 bridgehead atoms. The van der Waals surface area contributed by atoms with E-state index in [4.69, 9.17) is 0 Å². The van der Waals surface area contributed by atoms with E-state index < -0.39 is 0 Å². The summed E-state index contributed by atoms with van der Waals surface area (Å²) in [5, 5.41) is 5.96. The predicted octanol–water partition coefficient (Wildman–Crippen LogP) is 5.09. The van der Waals surface area contributed by atoms with Crippen molar-refractivity contribution in [3.8, 4) is 10.7 Å². The van der Waals surface area contributed by atoms with Crippen LogP contribution in [0.4, 0.5) is 0 Å². The van der Waals surface area contributed by atoms with E-state index in [0.717, 1.165) is 26.8 Å². The molecule has 0 saturated carbocycles. The number of rotatable bonds is 5. The van der Waals surface area contributed by atoms with E-state index in [2.05, 4.69) is 15.3 Å². The van der Waals surface area contributed by atoms with Crippen LogP contribution in [0.1, 0.15) is 31.8 Å². The molecule has 1 amide bonds. The van der Waals surface area contributed by atoms with Crippen molar-refractivity contribution in [3.05, 3.63) is 93.3 Å². The molecule has 1 aromatic carbocycles. The van der Waals surface area contributed by atoms with Crippen LogP contribution in [0.3, 0.4) is 0 Å². The number of pyridine rings is 1. The van der Waals surface area contributed by atoms with Gasteiger partial charge in [0.25, 0.3) is 5.91 Å². The summed E-state index contributed by atoms with van der Waals surface area (Å²) < 4.78 is 0. The van der Waals surface area contributed by atoms with E-state index in [9.17, 15) is 4.79 Å². The minimum Gasteiger partial charge on any atom is -0.340 e. The van der Waals surface area contributed by atoms with Crippen LogP contribution in [0, 0.1) is 6.92 Å². The third-order valence-electron chi connectivity index (χ3n) is 4.12. The number of hydrogen-bond donors (Lipinski definition) is 1. The molecule has 0 saturated heterocycles. The predicted molar refractivity (Wildman–Crippen MR) is 110 cm³/mol. The Labute approximate surface area is 165 Å². The normalized spacial score (nSPS) is 11.9. The summed E-state index contributed by atoms with van der Waals surface area (Å²) >= 11 is 3.01. The van der Waals surface area contributed by atoms with Crippen LogP contribution in [0.5, 0.6) is 0 Å². The monoisotopic (exact) mass is 391 g/mol. The largest absolute Gasteiger partial charge is 0.340 e. The molecule has 0 radical (unpaired) electrons. The average molecular weight is 392 g/mol. The Balaban J connectivity index is 1.63. The highest BCUT2D eigenvalue weighted by atomic mass is 32.1. The number of aryl methyl sites for hydroxylation is 1. The first-order valence-electron chi connectivity index (χ1n) is 8.50. The topological polar surface area (TPSA) is 54.9 Å². The minimum absolute atomic E-state index is 0.116. The standard InChI is InChI=1S/C21H17N3OS2/c1-14-19(27-21(23-14)16-10-5-6-12-22-16)20(25)24-18(17-11-7-13-26-17)15-8-3-2-4-9-15/h2-13,18H,1H3,(H,24,25)/t18-/m0/s1. The van der Waals surface area contributed by atoms with Crippen LogP contribution < -0.4 is 5.32 Å². The van der Waals surface area contributed by atoms with Gasteiger partial charge in [-0.1, -0.05) is 42.5 Å². The lowest BCUT2D eigenvalue weighted by Crippen LogP contribution is -2.28. The summed E-state index contributed by atoms with van der Waals surface area (Å²) in [6.45, 7) is 1.86. The van der Waals surface area contributed by atoms with E-state index in [1.165, 1.54) is 11.3 Å². The first kappa shape index (κ1) is 17.6. The lowest BCUT2D eigenvalue weighted by Gasteiger charge is -2.17. The van der Waals surface area contributed by atoms with Gasteiger partial charge < -0.3 is 5.32 Å². The van der Waals surface area contributed by atoms with Crippen molar-refractivity contribution in [3.63, 3.8) is 0 Å². The molecule has 0 spiro atoms. The second kappa shape index (κ2) is 7.82. The quantitative estimate of drug-likeness (QED) is 0.515. The number of thiazole rings is 1. The summed E-state index contributed by atoms with van der Waals surface area (Å²) in [7, 11) is 0. The Morgan fingerprint density at radius 2 is 1.85 bits per heavy atom. The molecule has 4 aromatic rings. The zero-order valence-electron chi connectivity index (χ0n) is 14.6. The van der Waals surface area contributed by atoms with E-state index in [1.807, 2.05) is 73.0 Å². The highest BCUT2D eigenvalue weighted by Gasteiger charge is 2.22. The number of carbonyl (C=O) groups is 1. The zero-order valence-corrected chi connectivity index (χ0v) is 16.3. The SMILES string of the molecule is Cc1nc(-c2ccccn2)sc1C(=O)N[C@@H](c1ccccc1)c1cccs1. The molecule has 0 unspecified atom stereocenters. The molecule has 1 N–H and O–H groups in total. The maximum Gasteiger partial charge on any atom is 0.264 e. The van der Waals surface area contributed by atoms with Gasteiger partial charge in [0, 0.05) is 11.1 Å². The van der Waals surface area contributed by atoms with Gasteiger partial charge in [-0.15, -0.1) is 22.7 Å². The van der Waals surface area contributed by atoms with Crippen molar-refractivity contribution in [2.45, 2.75) is 13.0 Å². The van der Waals surface area contributed by atoms with Crippen LogP contribution in [-0.2, 0) is 0 Å². The summed E-state index contributed by atoms with van der Waals surface area (Å²) in [5.74, 6) is -0.116. The van der Waals surface area contributed by atoms with Gasteiger partial charge in [0.05, 0.1) is 17.4 Å². The molecule has 0 aliphatic rings. The number of nitrogens with one attached hydrogen (secondary N) is 1. The van der Waals surface area contributed by atoms with Crippen LogP contribution in [-0.4, -0.2) is 15.9 Å². The maximum atomic E-state index is 13.0. The molecule has 3 aromatic heterocycles. The Morgan fingerprint density at radius 3 is 2.56 bits per heavy atom. The zero-order chi connectivity index (χ0) is 18.6. The molecule has 1 atom stereocenters. The van der Waals surface area contributed by atoms with Gasteiger partial charge >= 0.3 is 0 Å². The molecule has 0 aliphatic carbocycles. The van der Waals surface area contributed by atoms with Gasteiger partial charge in [-0.25, -0.2) is 4.98 Å². The lowest BCUT2D eigenvalue weighted by atomic mass is 10.1. The number of thiophene rings is 1. The fourth-order valence-corrected chi connectivity index (χ4v) is 4.57. The average Bonchev–Trinajstić information content (AvgIpc) is 3.37. The number of amides is 1. The molecular weight excluding hydrogens is 374 g/mol. The molecule has 0 aliphatic heterocycles. The first-order chi connectivity index (χ1) is 13.2. The third kappa shape index (κ3) is 3.82. The Morgan fingerprint density at radius 1 is 1.04 bits per heavy atom. The number of hydrogen-bond acceptors (Lipinski definition) is 5. The molecular formula is C21H17N3OS2. The van der Waals surface area contributed by atoms with Gasteiger partial charge in [-0.2, -0.15) is 0 Å². The minimum atomic E-state index is -0.182. The Kier molecular flexibility index (Phi) is 5.09. The molecule has 4 rings (SSSR count). The van der Waals surface area contributed by atoms with Gasteiger partial charge in [-0.05, 0) is 36.1 Å². The molecule has 3 heterocycles. The number of carbonyl (C=O) groups excluding carboxylic acids is 1. The Bertz CT molecular complexity index is 1030. The van der Waals surface area contributed by atoms with Crippen LogP contribution in [0.15, 0.2) is 72.2 Å². The van der Waals surface area contributed by atoms with E-state index in [0.29, 0.717) is 4.88 Å². The van der Waals surface area contributed by atoms with Crippen molar-refractivity contribution in [1.29, 1.82) is 0 Å². The number of nitrogens with zero attached hydrogens (tertiary/aromatic N) is 2. The fourth-order valence-electron chi connectivity index (χ4n) is 2.82. The van der Waals surface area contributed by atoms with Gasteiger partial charge in [0.2, 0.25) is 0 Å². The Hall–Kier alpha value is -2.83. The molecule has 0 fully saturated rings. The molecule has 27 heavy (non-hydrogen) atoms. The smallest absolute Gasteiger partial charge is 0.264 e. The maximum absolute atomic E-state index is 13.0. The van der Waals surface area contributed by atoms with Crippen molar-refractivity contribution >= 4 is 28.6 Å².